The van der Waals surface area contributed by atoms with Crippen LogP contribution in [-0.4, -0.2) is 21.7 Å². The molecule has 1 aromatic heterocycles. The highest BCUT2D eigenvalue weighted by molar-refractivity contribution is 6.07. The van der Waals surface area contributed by atoms with E-state index in [-0.39, 0.29) is 11.8 Å². The minimum absolute atomic E-state index is 0.101. The highest BCUT2D eigenvalue weighted by Crippen LogP contribution is 2.35. The van der Waals surface area contributed by atoms with Gasteiger partial charge >= 0.3 is 6.16 Å². The standard InChI is InChI=1S/C31H26N2O4/c1-20-17-22(13-15-25(20)27-11-6-9-21-7-2-4-10-26(21)27)30(34)33-19-24-14-16-29(37-31(35)36)32(24)18-23-8-3-5-12-28(23)33/h2-5,7-8,10-17H,6,9,18-19H2,1H3,(H,35,36). The molecule has 3 aromatic carbocycles. The Morgan fingerprint density at radius 3 is 2.46 bits per heavy atom. The van der Waals surface area contributed by atoms with Gasteiger partial charge in [0.15, 0.2) is 0 Å². The molecule has 0 radical (unpaired) electrons. The van der Waals surface area contributed by atoms with Crippen molar-refractivity contribution < 1.29 is 19.4 Å². The minimum atomic E-state index is -1.36. The van der Waals surface area contributed by atoms with E-state index >= 15 is 0 Å². The number of aryl methyl sites for hydroxylation is 2. The molecule has 6 heteroatoms. The number of hydrogen-bond donors (Lipinski definition) is 1. The van der Waals surface area contributed by atoms with Crippen molar-refractivity contribution in [1.29, 1.82) is 0 Å². The van der Waals surface area contributed by atoms with E-state index in [1.807, 2.05) is 47.0 Å². The third-order valence-electron chi connectivity index (χ3n) is 7.23. The number of ether oxygens (including phenoxy) is 1. The molecule has 0 atom stereocenters. The molecule has 4 aromatic rings. The van der Waals surface area contributed by atoms with Crippen molar-refractivity contribution in [2.24, 2.45) is 0 Å². The number of carbonyl (C=O) groups excluding carboxylic acids is 1. The van der Waals surface area contributed by atoms with Gasteiger partial charge in [0.2, 0.25) is 5.88 Å². The number of rotatable bonds is 3. The summed E-state index contributed by atoms with van der Waals surface area (Å²) in [5, 5.41) is 9.13. The molecule has 0 saturated heterocycles. The quantitative estimate of drug-likeness (QED) is 0.336. The summed E-state index contributed by atoms with van der Waals surface area (Å²) in [6.45, 7) is 2.77. The van der Waals surface area contributed by atoms with Crippen LogP contribution in [0.3, 0.4) is 0 Å². The molecular weight excluding hydrogens is 464 g/mol. The van der Waals surface area contributed by atoms with Crippen LogP contribution in [0, 0.1) is 6.92 Å². The van der Waals surface area contributed by atoms with Crippen LogP contribution in [0.25, 0.3) is 5.57 Å². The fourth-order valence-corrected chi connectivity index (χ4v) is 5.48. The molecule has 0 bridgehead atoms. The number of hydrogen-bond acceptors (Lipinski definition) is 3. The Labute approximate surface area is 215 Å². The van der Waals surface area contributed by atoms with Crippen molar-refractivity contribution in [2.45, 2.75) is 32.9 Å². The summed E-state index contributed by atoms with van der Waals surface area (Å²) in [6, 6.07) is 25.6. The van der Waals surface area contributed by atoms with E-state index < -0.39 is 6.16 Å². The monoisotopic (exact) mass is 490 g/mol. The van der Waals surface area contributed by atoms with Crippen molar-refractivity contribution in [3.8, 4) is 5.88 Å². The summed E-state index contributed by atoms with van der Waals surface area (Å²) >= 11 is 0. The zero-order chi connectivity index (χ0) is 25.5. The fourth-order valence-electron chi connectivity index (χ4n) is 5.48. The largest absolute Gasteiger partial charge is 0.512 e. The maximum atomic E-state index is 13.9. The molecule has 0 saturated carbocycles. The second kappa shape index (κ2) is 9.13. The number of para-hydroxylation sites is 1. The topological polar surface area (TPSA) is 71.8 Å². The SMILES string of the molecule is Cc1cc(C(=O)N2Cc3ccc(OC(=O)O)n3Cc3ccccc32)ccc1C1=CCCc2ccccc21. The Morgan fingerprint density at radius 1 is 0.865 bits per heavy atom. The summed E-state index contributed by atoms with van der Waals surface area (Å²) in [6.07, 6.45) is 2.98. The predicted molar refractivity (Wildman–Crippen MR) is 142 cm³/mol. The number of benzene rings is 3. The van der Waals surface area contributed by atoms with Gasteiger partial charge < -0.3 is 19.3 Å². The van der Waals surface area contributed by atoms with Gasteiger partial charge in [-0.3, -0.25) is 4.79 Å². The Hall–Kier alpha value is -4.58. The van der Waals surface area contributed by atoms with Gasteiger partial charge in [0.05, 0.1) is 13.1 Å². The summed E-state index contributed by atoms with van der Waals surface area (Å²) in [5.74, 6) is 0.142. The second-order valence-corrected chi connectivity index (χ2v) is 9.48. The van der Waals surface area contributed by atoms with Crippen LogP contribution in [0.4, 0.5) is 10.5 Å². The van der Waals surface area contributed by atoms with E-state index in [2.05, 4.69) is 43.3 Å². The molecule has 0 spiro atoms. The summed E-state index contributed by atoms with van der Waals surface area (Å²) in [5.41, 5.74) is 9.18. The van der Waals surface area contributed by atoms with Crippen LogP contribution in [0.1, 0.15) is 50.3 Å². The number of carboxylic acid groups (broad SMARTS) is 1. The third-order valence-corrected chi connectivity index (χ3v) is 7.23. The predicted octanol–water partition coefficient (Wildman–Crippen LogP) is 6.44. The molecule has 6 rings (SSSR count). The average Bonchev–Trinajstić information content (AvgIpc) is 3.17. The lowest BCUT2D eigenvalue weighted by molar-refractivity contribution is 0.0984. The van der Waals surface area contributed by atoms with E-state index in [0.717, 1.165) is 40.9 Å². The Balaban J connectivity index is 1.36. The third kappa shape index (κ3) is 4.10. The van der Waals surface area contributed by atoms with Gasteiger partial charge in [-0.2, -0.15) is 0 Å². The Morgan fingerprint density at radius 2 is 1.65 bits per heavy atom. The molecule has 6 nitrogen and oxygen atoms in total. The summed E-state index contributed by atoms with van der Waals surface area (Å²) in [7, 11) is 0. The van der Waals surface area contributed by atoms with Gasteiger partial charge in [-0.25, -0.2) is 4.79 Å². The van der Waals surface area contributed by atoms with Crippen LogP contribution in [-0.2, 0) is 19.5 Å². The van der Waals surface area contributed by atoms with Crippen LogP contribution in [0.15, 0.2) is 84.9 Å². The number of allylic oxidation sites excluding steroid dienone is 1. The van der Waals surface area contributed by atoms with Crippen molar-refractivity contribution >= 4 is 23.3 Å². The number of amides is 1. The molecule has 1 aliphatic heterocycles. The lowest BCUT2D eigenvalue weighted by Gasteiger charge is -2.24. The molecule has 2 heterocycles. The first kappa shape index (κ1) is 22.9. The van der Waals surface area contributed by atoms with Gasteiger partial charge in [0.25, 0.3) is 5.91 Å². The van der Waals surface area contributed by atoms with Gasteiger partial charge in [-0.15, -0.1) is 0 Å². The molecular formula is C31H26N2O4. The van der Waals surface area contributed by atoms with E-state index in [0.29, 0.717) is 18.7 Å². The van der Waals surface area contributed by atoms with Gasteiger partial charge in [-0.05, 0) is 77.4 Å². The van der Waals surface area contributed by atoms with E-state index in [1.54, 1.807) is 11.0 Å². The normalized spacial score (nSPS) is 14.1. The van der Waals surface area contributed by atoms with Crippen LogP contribution < -0.4 is 9.64 Å². The van der Waals surface area contributed by atoms with Crippen molar-refractivity contribution in [2.75, 3.05) is 4.90 Å². The Bertz CT molecular complexity index is 1580. The maximum absolute atomic E-state index is 13.9. The molecule has 1 aliphatic carbocycles. The lowest BCUT2D eigenvalue weighted by Crippen LogP contribution is -2.30. The number of carbonyl (C=O) groups is 2. The van der Waals surface area contributed by atoms with Crippen LogP contribution in [0.5, 0.6) is 5.88 Å². The van der Waals surface area contributed by atoms with Crippen LogP contribution >= 0.6 is 0 Å². The molecule has 0 unspecified atom stereocenters. The minimum Gasteiger partial charge on any atom is -0.449 e. The summed E-state index contributed by atoms with van der Waals surface area (Å²) < 4.78 is 6.79. The smallest absolute Gasteiger partial charge is 0.449 e. The zero-order valence-electron chi connectivity index (χ0n) is 20.5. The number of fused-ring (bicyclic) bond motifs is 3. The highest BCUT2D eigenvalue weighted by Gasteiger charge is 2.27. The number of nitrogens with zero attached hydrogens (tertiary/aromatic N) is 2. The average molecular weight is 491 g/mol. The summed E-state index contributed by atoms with van der Waals surface area (Å²) in [4.78, 5) is 26.9. The van der Waals surface area contributed by atoms with Crippen molar-refractivity contribution in [1.82, 2.24) is 4.57 Å². The zero-order valence-corrected chi connectivity index (χ0v) is 20.5. The van der Waals surface area contributed by atoms with E-state index in [1.165, 1.54) is 16.7 Å². The maximum Gasteiger partial charge on any atom is 0.512 e. The molecule has 2 aliphatic rings. The first-order valence-electron chi connectivity index (χ1n) is 12.4. The second-order valence-electron chi connectivity index (χ2n) is 9.48. The van der Waals surface area contributed by atoms with Gasteiger partial charge in [0, 0.05) is 23.0 Å². The van der Waals surface area contributed by atoms with Gasteiger partial charge in [0.1, 0.15) is 0 Å². The molecule has 0 fully saturated rings. The van der Waals surface area contributed by atoms with Crippen LogP contribution in [0.2, 0.25) is 0 Å². The molecule has 1 amide bonds. The lowest BCUT2D eigenvalue weighted by atomic mass is 9.85. The first-order chi connectivity index (χ1) is 18.0. The highest BCUT2D eigenvalue weighted by atomic mass is 16.7. The number of aromatic nitrogens is 1. The number of anilines is 1. The molecule has 184 valence electrons. The first-order valence-corrected chi connectivity index (χ1v) is 12.4. The van der Waals surface area contributed by atoms with Crippen molar-refractivity contribution in [3.05, 3.63) is 124 Å². The van der Waals surface area contributed by atoms with Crippen molar-refractivity contribution in [3.63, 3.8) is 0 Å². The van der Waals surface area contributed by atoms with E-state index in [9.17, 15) is 9.59 Å². The molecule has 37 heavy (non-hydrogen) atoms. The van der Waals surface area contributed by atoms with E-state index in [4.69, 9.17) is 9.84 Å². The van der Waals surface area contributed by atoms with Gasteiger partial charge in [-0.1, -0.05) is 54.6 Å². The Kier molecular flexibility index (Phi) is 5.64. The fraction of sp³-hybridized carbons (Fsp3) is 0.161. The molecule has 1 N–H and O–H groups in total.